The number of benzene rings is 1. The van der Waals surface area contributed by atoms with Gasteiger partial charge in [0, 0.05) is 37.0 Å². The molecule has 0 radical (unpaired) electrons. The number of rotatable bonds is 4. The summed E-state index contributed by atoms with van der Waals surface area (Å²) in [5.74, 6) is -0.402. The normalized spacial score (nSPS) is 10.4. The van der Waals surface area contributed by atoms with E-state index in [0.717, 1.165) is 11.3 Å². The Hall–Kier alpha value is -2.90. The molecule has 110 valence electrons. The Kier molecular flexibility index (Phi) is 3.88. The van der Waals surface area contributed by atoms with Gasteiger partial charge in [0.15, 0.2) is 0 Å². The summed E-state index contributed by atoms with van der Waals surface area (Å²) in [6.45, 7) is 2.15. The van der Waals surface area contributed by atoms with E-state index in [2.05, 4.69) is 10.4 Å². The van der Waals surface area contributed by atoms with Crippen LogP contribution in [0.15, 0.2) is 24.4 Å². The van der Waals surface area contributed by atoms with E-state index in [0.29, 0.717) is 6.54 Å². The number of amides is 1. The smallest absolute Gasteiger partial charge is 0.292 e. The van der Waals surface area contributed by atoms with E-state index in [1.807, 2.05) is 6.92 Å². The van der Waals surface area contributed by atoms with Gasteiger partial charge < -0.3 is 11.1 Å². The van der Waals surface area contributed by atoms with E-state index in [1.165, 1.54) is 18.2 Å². The molecule has 0 aliphatic heterocycles. The largest absolute Gasteiger partial charge is 0.393 e. The molecule has 0 saturated heterocycles. The van der Waals surface area contributed by atoms with Crippen LogP contribution in [-0.4, -0.2) is 20.6 Å². The number of nitrogens with zero attached hydrogens (tertiary/aromatic N) is 3. The zero-order valence-corrected chi connectivity index (χ0v) is 11.7. The fourth-order valence-electron chi connectivity index (χ4n) is 1.94. The van der Waals surface area contributed by atoms with Crippen molar-refractivity contribution < 1.29 is 9.72 Å². The van der Waals surface area contributed by atoms with Crippen LogP contribution >= 0.6 is 0 Å². The second kappa shape index (κ2) is 5.61. The number of carbonyl (C=O) groups is 1. The van der Waals surface area contributed by atoms with Crippen LogP contribution < -0.4 is 11.1 Å². The maximum atomic E-state index is 12.0. The maximum Gasteiger partial charge on any atom is 0.292 e. The lowest BCUT2D eigenvalue weighted by atomic mass is 10.1. The highest BCUT2D eigenvalue weighted by Crippen LogP contribution is 2.22. The molecule has 21 heavy (non-hydrogen) atoms. The lowest BCUT2D eigenvalue weighted by Crippen LogP contribution is -2.23. The van der Waals surface area contributed by atoms with Crippen LogP contribution in [0.1, 0.15) is 21.6 Å². The maximum absolute atomic E-state index is 12.0. The summed E-state index contributed by atoms with van der Waals surface area (Å²) in [6, 6.07) is 3.97. The van der Waals surface area contributed by atoms with Crippen LogP contribution in [0.5, 0.6) is 0 Å². The molecule has 1 aromatic heterocycles. The molecule has 0 atom stereocenters. The number of hydrogen-bond donors (Lipinski definition) is 2. The molecule has 2 aromatic rings. The number of nitrogens with two attached hydrogens (primary N) is 1. The van der Waals surface area contributed by atoms with Crippen molar-refractivity contribution in [3.8, 4) is 0 Å². The van der Waals surface area contributed by atoms with Crippen molar-refractivity contribution >= 4 is 17.3 Å². The third-order valence-corrected chi connectivity index (χ3v) is 3.04. The number of nitro groups is 1. The molecule has 0 bridgehead atoms. The zero-order valence-electron chi connectivity index (χ0n) is 11.7. The van der Waals surface area contributed by atoms with Crippen molar-refractivity contribution in [1.82, 2.24) is 15.1 Å². The van der Waals surface area contributed by atoms with Crippen molar-refractivity contribution in [2.75, 3.05) is 5.73 Å². The monoisotopic (exact) mass is 289 g/mol. The lowest BCUT2D eigenvalue weighted by molar-refractivity contribution is -0.383. The number of aryl methyl sites for hydroxylation is 2. The van der Waals surface area contributed by atoms with Crippen LogP contribution in [0.3, 0.4) is 0 Å². The van der Waals surface area contributed by atoms with Crippen molar-refractivity contribution in [1.29, 1.82) is 0 Å². The molecule has 2 rings (SSSR count). The van der Waals surface area contributed by atoms with Crippen LogP contribution in [-0.2, 0) is 13.6 Å². The first-order chi connectivity index (χ1) is 9.88. The van der Waals surface area contributed by atoms with Gasteiger partial charge in [-0.3, -0.25) is 19.6 Å². The molecule has 0 unspecified atom stereocenters. The van der Waals surface area contributed by atoms with Gasteiger partial charge in [-0.15, -0.1) is 0 Å². The molecular formula is C13H15N5O3. The number of hydrogen-bond acceptors (Lipinski definition) is 5. The van der Waals surface area contributed by atoms with Gasteiger partial charge in [-0.2, -0.15) is 5.10 Å². The van der Waals surface area contributed by atoms with Gasteiger partial charge >= 0.3 is 0 Å². The van der Waals surface area contributed by atoms with Gasteiger partial charge in [0.05, 0.1) is 10.6 Å². The fraction of sp³-hybridized carbons (Fsp3) is 0.231. The Labute approximate surface area is 120 Å². The van der Waals surface area contributed by atoms with Crippen LogP contribution in [0.25, 0.3) is 0 Å². The summed E-state index contributed by atoms with van der Waals surface area (Å²) in [5.41, 5.74) is 7.14. The molecule has 0 aliphatic carbocycles. The second-order valence-electron chi connectivity index (χ2n) is 4.63. The standard InChI is InChI=1S/C13H15N5O3/c1-8-10(7-17(2)16-8)6-15-13(19)9-3-4-11(14)12(5-9)18(20)21/h3-5,7H,6,14H2,1-2H3,(H,15,19). The van der Waals surface area contributed by atoms with Gasteiger partial charge in [-0.05, 0) is 19.1 Å². The molecule has 0 spiro atoms. The Morgan fingerprint density at radius 3 is 2.81 bits per heavy atom. The molecule has 3 N–H and O–H groups in total. The molecule has 8 heteroatoms. The molecule has 0 aliphatic rings. The van der Waals surface area contributed by atoms with Gasteiger partial charge in [0.2, 0.25) is 0 Å². The van der Waals surface area contributed by atoms with Crippen molar-refractivity contribution in [3.05, 3.63) is 51.3 Å². The molecular weight excluding hydrogens is 274 g/mol. The first kappa shape index (κ1) is 14.5. The summed E-state index contributed by atoms with van der Waals surface area (Å²) in [7, 11) is 1.79. The first-order valence-corrected chi connectivity index (χ1v) is 6.19. The van der Waals surface area contributed by atoms with Gasteiger partial charge in [0.1, 0.15) is 5.69 Å². The van der Waals surface area contributed by atoms with E-state index in [9.17, 15) is 14.9 Å². The number of carbonyl (C=O) groups excluding carboxylic acids is 1. The van der Waals surface area contributed by atoms with Crippen molar-refractivity contribution in [3.63, 3.8) is 0 Å². The predicted molar refractivity (Wildman–Crippen MR) is 76.6 cm³/mol. The van der Waals surface area contributed by atoms with E-state index in [4.69, 9.17) is 5.73 Å². The fourth-order valence-corrected chi connectivity index (χ4v) is 1.94. The zero-order chi connectivity index (χ0) is 15.6. The number of nitro benzene ring substituents is 1. The average Bonchev–Trinajstić information content (AvgIpc) is 2.74. The molecule has 0 saturated carbocycles. The third-order valence-electron chi connectivity index (χ3n) is 3.04. The van der Waals surface area contributed by atoms with E-state index < -0.39 is 10.8 Å². The Morgan fingerprint density at radius 1 is 1.52 bits per heavy atom. The van der Waals surface area contributed by atoms with Crippen molar-refractivity contribution in [2.45, 2.75) is 13.5 Å². The molecule has 0 fully saturated rings. The summed E-state index contributed by atoms with van der Waals surface area (Å²) in [5, 5.41) is 17.7. The Balaban J connectivity index is 2.12. The van der Waals surface area contributed by atoms with Crippen LogP contribution in [0, 0.1) is 17.0 Å². The molecule has 1 heterocycles. The SMILES string of the molecule is Cc1nn(C)cc1CNC(=O)c1ccc(N)c([N+](=O)[O-])c1. The van der Waals surface area contributed by atoms with Gasteiger partial charge in [-0.1, -0.05) is 0 Å². The average molecular weight is 289 g/mol. The molecule has 1 aromatic carbocycles. The molecule has 1 amide bonds. The first-order valence-electron chi connectivity index (χ1n) is 6.19. The van der Waals surface area contributed by atoms with Gasteiger partial charge in [-0.25, -0.2) is 0 Å². The summed E-state index contributed by atoms with van der Waals surface area (Å²) in [4.78, 5) is 22.2. The second-order valence-corrected chi connectivity index (χ2v) is 4.63. The lowest BCUT2D eigenvalue weighted by Gasteiger charge is -2.05. The van der Waals surface area contributed by atoms with E-state index in [1.54, 1.807) is 17.9 Å². The predicted octanol–water partition coefficient (Wildman–Crippen LogP) is 1.15. The van der Waals surface area contributed by atoms with E-state index in [-0.39, 0.29) is 16.9 Å². The quantitative estimate of drug-likeness (QED) is 0.497. The molecule has 8 nitrogen and oxygen atoms in total. The summed E-state index contributed by atoms with van der Waals surface area (Å²) < 4.78 is 1.66. The minimum Gasteiger partial charge on any atom is -0.393 e. The summed E-state index contributed by atoms with van der Waals surface area (Å²) in [6.07, 6.45) is 1.81. The highest BCUT2D eigenvalue weighted by Gasteiger charge is 2.15. The minimum absolute atomic E-state index is 0.0275. The van der Waals surface area contributed by atoms with Crippen LogP contribution in [0.4, 0.5) is 11.4 Å². The number of aromatic nitrogens is 2. The highest BCUT2D eigenvalue weighted by atomic mass is 16.6. The minimum atomic E-state index is -0.614. The number of anilines is 1. The Bertz CT molecular complexity index is 708. The number of nitrogen functional groups attached to an aromatic ring is 1. The topological polar surface area (TPSA) is 116 Å². The van der Waals surface area contributed by atoms with E-state index >= 15 is 0 Å². The van der Waals surface area contributed by atoms with Crippen molar-refractivity contribution in [2.24, 2.45) is 7.05 Å². The van der Waals surface area contributed by atoms with Crippen LogP contribution in [0.2, 0.25) is 0 Å². The summed E-state index contributed by atoms with van der Waals surface area (Å²) >= 11 is 0. The Morgan fingerprint density at radius 2 is 2.24 bits per heavy atom. The third kappa shape index (κ3) is 3.16. The highest BCUT2D eigenvalue weighted by molar-refractivity contribution is 5.95. The van der Waals surface area contributed by atoms with Gasteiger partial charge in [0.25, 0.3) is 11.6 Å². The number of nitrogens with one attached hydrogen (secondary N) is 1.